The molecule has 55 heavy (non-hydrogen) atoms. The first kappa shape index (κ1) is 51.3. The fourth-order valence-electron chi connectivity index (χ4n) is 5.79. The molecule has 0 bridgehead atoms. The van der Waals surface area contributed by atoms with Gasteiger partial charge in [0.25, 0.3) is 0 Å². The van der Waals surface area contributed by atoms with Gasteiger partial charge in [-0.15, -0.1) is 0 Å². The molecular formula is C45H81N7O3. The number of amides is 3. The summed E-state index contributed by atoms with van der Waals surface area (Å²) in [5.74, 6) is -0.0602. The van der Waals surface area contributed by atoms with Gasteiger partial charge in [-0.25, -0.2) is 0 Å². The van der Waals surface area contributed by atoms with Crippen LogP contribution in [0.1, 0.15) is 164 Å². The Morgan fingerprint density at radius 1 is 0.527 bits per heavy atom. The summed E-state index contributed by atoms with van der Waals surface area (Å²) in [6, 6.07) is -0.553. The first-order valence-corrected chi connectivity index (χ1v) is 21.2. The van der Waals surface area contributed by atoms with Gasteiger partial charge >= 0.3 is 0 Å². The van der Waals surface area contributed by atoms with Crippen LogP contribution in [0.5, 0.6) is 0 Å². The molecule has 0 aliphatic carbocycles. The minimum atomic E-state index is -0.553. The van der Waals surface area contributed by atoms with Crippen LogP contribution in [0.4, 0.5) is 0 Å². The quantitative estimate of drug-likeness (QED) is 0.0170. The number of hydrogen-bond donors (Lipinski definition) is 6. The minimum absolute atomic E-state index is 0.104. The highest BCUT2D eigenvalue weighted by molar-refractivity contribution is 5.87. The molecular weight excluding hydrogens is 687 g/mol. The fraction of sp³-hybridized carbons (Fsp3) is 0.689. The van der Waals surface area contributed by atoms with Crippen LogP contribution in [0.2, 0.25) is 0 Å². The number of carbonyl (C=O) groups is 3. The van der Waals surface area contributed by atoms with Crippen LogP contribution in [0.15, 0.2) is 63.2 Å². The summed E-state index contributed by atoms with van der Waals surface area (Å²) >= 11 is 0. The highest BCUT2D eigenvalue weighted by Crippen LogP contribution is 2.14. The zero-order valence-corrected chi connectivity index (χ0v) is 36.1. The van der Waals surface area contributed by atoms with Gasteiger partial charge < -0.3 is 32.7 Å². The Kier molecular flexibility index (Phi) is 32.5. The van der Waals surface area contributed by atoms with Gasteiger partial charge in [0, 0.05) is 32.5 Å². The largest absolute Gasteiger partial charge is 0.370 e. The maximum atomic E-state index is 12.3. The summed E-state index contributed by atoms with van der Waals surface area (Å²) < 4.78 is 0. The Hall–Kier alpha value is -3.66. The number of unbranched alkanes of at least 4 members (excludes halogenated alkanes) is 5. The molecule has 0 aromatic rings. The Morgan fingerprint density at radius 2 is 1.04 bits per heavy atom. The molecule has 0 aliphatic heterocycles. The van der Waals surface area contributed by atoms with E-state index in [9.17, 15) is 14.4 Å². The second kappa shape index (κ2) is 34.8. The Balaban J connectivity index is 3.85. The molecule has 0 aromatic heterocycles. The molecule has 0 spiro atoms. The molecule has 314 valence electrons. The van der Waals surface area contributed by atoms with Gasteiger partial charge in [0.05, 0.1) is 0 Å². The van der Waals surface area contributed by atoms with Crippen molar-refractivity contribution in [2.24, 2.45) is 16.5 Å². The molecule has 0 aliphatic rings. The highest BCUT2D eigenvalue weighted by Gasteiger charge is 2.14. The van der Waals surface area contributed by atoms with E-state index in [1.54, 1.807) is 6.92 Å². The van der Waals surface area contributed by atoms with Crippen molar-refractivity contribution >= 4 is 23.7 Å². The molecule has 0 saturated heterocycles. The molecule has 8 N–H and O–H groups in total. The topological polar surface area (TPSA) is 164 Å². The molecule has 0 rings (SSSR count). The molecule has 1 unspecified atom stereocenters. The van der Waals surface area contributed by atoms with E-state index in [0.29, 0.717) is 32.5 Å². The molecule has 0 heterocycles. The summed E-state index contributed by atoms with van der Waals surface area (Å²) in [6.07, 6.45) is 28.6. The predicted octanol–water partition coefficient (Wildman–Crippen LogP) is 8.36. The number of carbonyl (C=O) groups excluding carboxylic acids is 3. The third-order valence-corrected chi connectivity index (χ3v) is 9.36. The SMILES string of the molecule is CC(C)=CCC/C(C)=C/CC/C(C)=C/CC/C=C(\C)CC/C=C(\C)CCC(=O)NCCCNCCCCNC(=O)C(C)NC(=O)CCCCCCN=C(N)N. The molecule has 10 nitrogen and oxygen atoms in total. The van der Waals surface area contributed by atoms with Crippen molar-refractivity contribution in [3.05, 3.63) is 58.2 Å². The van der Waals surface area contributed by atoms with Crippen LogP contribution in [-0.2, 0) is 14.4 Å². The lowest BCUT2D eigenvalue weighted by atomic mass is 10.0. The zero-order valence-electron chi connectivity index (χ0n) is 36.1. The third kappa shape index (κ3) is 35.8. The van der Waals surface area contributed by atoms with Crippen molar-refractivity contribution in [2.75, 3.05) is 32.7 Å². The monoisotopic (exact) mass is 768 g/mol. The standard InChI is InChI=1S/C45H81N7O3/c1-36(2)20-16-23-39(5)26-17-24-37(3)21-11-12-22-38(4)25-18-27-40(6)29-30-42(53)49-35-19-32-48-31-14-15-33-50-44(55)41(7)52-43(54)28-10-8-9-13-34-51-45(46)47/h20-22,26-27,41,48H,8-19,23-25,28-35H2,1-7H3,(H,49,53)(H,50,55)(H,52,54)(H4,46,47,51)/b37-21+,38-22+,39-26+,40-27+. The molecule has 0 aromatic carbocycles. The van der Waals surface area contributed by atoms with E-state index in [0.717, 1.165) is 116 Å². The Labute approximate surface area is 336 Å². The first-order valence-electron chi connectivity index (χ1n) is 21.2. The Bertz CT molecular complexity index is 1250. The van der Waals surface area contributed by atoms with Gasteiger partial charge in [0.2, 0.25) is 17.7 Å². The zero-order chi connectivity index (χ0) is 41.1. The molecule has 0 saturated carbocycles. The molecule has 3 amide bonds. The number of nitrogens with two attached hydrogens (primary N) is 2. The normalized spacial score (nSPS) is 12.9. The van der Waals surface area contributed by atoms with Crippen molar-refractivity contribution in [3.63, 3.8) is 0 Å². The average molecular weight is 768 g/mol. The smallest absolute Gasteiger partial charge is 0.242 e. The minimum Gasteiger partial charge on any atom is -0.370 e. The van der Waals surface area contributed by atoms with E-state index in [-0.39, 0.29) is 23.7 Å². The maximum Gasteiger partial charge on any atom is 0.242 e. The van der Waals surface area contributed by atoms with Gasteiger partial charge in [-0.1, -0.05) is 71.1 Å². The number of nitrogens with zero attached hydrogens (tertiary/aromatic N) is 1. The van der Waals surface area contributed by atoms with Crippen molar-refractivity contribution in [3.8, 4) is 0 Å². The van der Waals surface area contributed by atoms with Crippen molar-refractivity contribution in [1.29, 1.82) is 0 Å². The van der Waals surface area contributed by atoms with Gasteiger partial charge in [-0.2, -0.15) is 0 Å². The van der Waals surface area contributed by atoms with Crippen molar-refractivity contribution in [2.45, 2.75) is 170 Å². The van der Waals surface area contributed by atoms with E-state index in [1.807, 2.05) is 0 Å². The molecule has 10 heteroatoms. The van der Waals surface area contributed by atoms with Crippen LogP contribution >= 0.6 is 0 Å². The maximum absolute atomic E-state index is 12.3. The van der Waals surface area contributed by atoms with Crippen LogP contribution in [0.25, 0.3) is 0 Å². The number of hydrogen-bond acceptors (Lipinski definition) is 5. The third-order valence-electron chi connectivity index (χ3n) is 9.36. The fourth-order valence-corrected chi connectivity index (χ4v) is 5.79. The lowest BCUT2D eigenvalue weighted by molar-refractivity contribution is -0.128. The average Bonchev–Trinajstić information content (AvgIpc) is 3.12. The van der Waals surface area contributed by atoms with Crippen LogP contribution in [-0.4, -0.2) is 62.4 Å². The predicted molar refractivity (Wildman–Crippen MR) is 235 cm³/mol. The molecule has 0 radical (unpaired) electrons. The number of nitrogens with one attached hydrogen (secondary N) is 4. The summed E-state index contributed by atoms with van der Waals surface area (Å²) in [5, 5.41) is 12.1. The molecule has 1 atom stereocenters. The Morgan fingerprint density at radius 3 is 1.64 bits per heavy atom. The molecule has 0 fully saturated rings. The second-order valence-electron chi connectivity index (χ2n) is 15.4. The second-order valence-corrected chi connectivity index (χ2v) is 15.4. The van der Waals surface area contributed by atoms with Crippen LogP contribution in [0, 0.1) is 0 Å². The van der Waals surface area contributed by atoms with Crippen molar-refractivity contribution < 1.29 is 14.4 Å². The number of aliphatic imine (C=N–C) groups is 1. The van der Waals surface area contributed by atoms with E-state index in [4.69, 9.17) is 11.5 Å². The lowest BCUT2D eigenvalue weighted by Crippen LogP contribution is -2.45. The van der Waals surface area contributed by atoms with E-state index < -0.39 is 6.04 Å². The van der Waals surface area contributed by atoms with E-state index in [1.165, 1.54) is 27.9 Å². The summed E-state index contributed by atoms with van der Waals surface area (Å²) in [6.45, 7) is 18.4. The number of rotatable bonds is 33. The van der Waals surface area contributed by atoms with E-state index >= 15 is 0 Å². The highest BCUT2D eigenvalue weighted by atomic mass is 16.2. The van der Waals surface area contributed by atoms with Crippen LogP contribution < -0.4 is 32.7 Å². The summed E-state index contributed by atoms with van der Waals surface area (Å²) in [5.41, 5.74) is 17.7. The summed E-state index contributed by atoms with van der Waals surface area (Å²) in [7, 11) is 0. The number of allylic oxidation sites excluding steroid dienone is 10. The van der Waals surface area contributed by atoms with Gasteiger partial charge in [0.15, 0.2) is 5.96 Å². The van der Waals surface area contributed by atoms with Crippen molar-refractivity contribution in [1.82, 2.24) is 21.3 Å². The lowest BCUT2D eigenvalue weighted by Gasteiger charge is -2.14. The van der Waals surface area contributed by atoms with E-state index in [2.05, 4.69) is 98.2 Å². The summed E-state index contributed by atoms with van der Waals surface area (Å²) in [4.78, 5) is 40.7. The van der Waals surface area contributed by atoms with Crippen LogP contribution in [0.3, 0.4) is 0 Å². The van der Waals surface area contributed by atoms with Gasteiger partial charge in [-0.3, -0.25) is 19.4 Å². The van der Waals surface area contributed by atoms with Gasteiger partial charge in [0.1, 0.15) is 6.04 Å². The van der Waals surface area contributed by atoms with Gasteiger partial charge in [-0.05, 0) is 151 Å². The first-order chi connectivity index (χ1) is 26.3. The number of guanidine groups is 1.